The Hall–Kier alpha value is -2.88. The number of carboxylic acid groups (broad SMARTS) is 1. The molecule has 10 heteroatoms. The minimum absolute atomic E-state index is 0.174. The maximum Gasteiger partial charge on any atom is 0.490 e. The van der Waals surface area contributed by atoms with Crippen LogP contribution in [0.25, 0.3) is 0 Å². The van der Waals surface area contributed by atoms with Crippen LogP contribution in [0.5, 0.6) is 0 Å². The topological polar surface area (TPSA) is 95.7 Å². The van der Waals surface area contributed by atoms with Crippen LogP contribution in [0.1, 0.15) is 73.6 Å². The Labute approximate surface area is 209 Å². The van der Waals surface area contributed by atoms with Crippen molar-refractivity contribution >= 4 is 11.9 Å². The minimum atomic E-state index is -5.08. The molecule has 1 saturated heterocycles. The van der Waals surface area contributed by atoms with Crippen molar-refractivity contribution in [2.45, 2.75) is 83.5 Å². The van der Waals surface area contributed by atoms with Gasteiger partial charge in [-0.05, 0) is 82.5 Å². The third-order valence-electron chi connectivity index (χ3n) is 7.11. The molecule has 1 amide bonds. The molecule has 1 aromatic heterocycles. The van der Waals surface area contributed by atoms with Gasteiger partial charge in [-0.1, -0.05) is 29.4 Å². The van der Waals surface area contributed by atoms with Crippen LogP contribution in [0.15, 0.2) is 28.8 Å². The van der Waals surface area contributed by atoms with Crippen LogP contribution in [0.4, 0.5) is 13.2 Å². The molecule has 198 valence electrons. The first kappa shape index (κ1) is 27.7. The van der Waals surface area contributed by atoms with Gasteiger partial charge in [0.2, 0.25) is 5.91 Å². The maximum atomic E-state index is 12.4. The number of likely N-dealkylation sites (tertiary alicyclic amines) is 1. The third kappa shape index (κ3) is 6.46. The number of amides is 1. The number of benzene rings is 1. The highest BCUT2D eigenvalue weighted by molar-refractivity contribution is 5.77. The van der Waals surface area contributed by atoms with Crippen molar-refractivity contribution in [2.75, 3.05) is 13.1 Å². The van der Waals surface area contributed by atoms with E-state index < -0.39 is 12.1 Å². The zero-order chi connectivity index (χ0) is 26.7. The van der Waals surface area contributed by atoms with E-state index >= 15 is 0 Å². The van der Waals surface area contributed by atoms with Crippen molar-refractivity contribution in [3.05, 3.63) is 52.4 Å². The minimum Gasteiger partial charge on any atom is -0.475 e. The molecule has 0 saturated carbocycles. The Morgan fingerprint density at radius 2 is 1.83 bits per heavy atom. The van der Waals surface area contributed by atoms with Crippen molar-refractivity contribution in [2.24, 2.45) is 0 Å². The summed E-state index contributed by atoms with van der Waals surface area (Å²) in [5.74, 6) is -1.32. The number of fused-ring (bicyclic) bond motifs is 2. The molecule has 1 aromatic carbocycles. The summed E-state index contributed by atoms with van der Waals surface area (Å²) < 4.78 is 37.1. The highest BCUT2D eigenvalue weighted by Gasteiger charge is 2.45. The molecule has 1 fully saturated rings. The van der Waals surface area contributed by atoms with Crippen LogP contribution in [-0.4, -0.2) is 52.3 Å². The van der Waals surface area contributed by atoms with Gasteiger partial charge in [0.15, 0.2) is 0 Å². The number of rotatable bonds is 5. The van der Waals surface area contributed by atoms with Crippen LogP contribution in [0.3, 0.4) is 0 Å². The number of aryl methyl sites for hydroxylation is 2. The SMILES string of the molecule is Cc1noc(C)c1CN1CCC2(CC1)CC(CC(=O)NC(C)C)c1ccccc12.O=C(O)C(F)(F)F. The van der Waals surface area contributed by atoms with Crippen LogP contribution in [0.2, 0.25) is 0 Å². The number of aromatic nitrogens is 1. The molecule has 1 unspecified atom stereocenters. The molecule has 2 aliphatic rings. The van der Waals surface area contributed by atoms with E-state index in [0.29, 0.717) is 12.3 Å². The van der Waals surface area contributed by atoms with E-state index in [-0.39, 0.29) is 17.4 Å². The molecular weight excluding hydrogens is 475 g/mol. The molecule has 7 nitrogen and oxygen atoms in total. The first-order valence-electron chi connectivity index (χ1n) is 12.2. The summed E-state index contributed by atoms with van der Waals surface area (Å²) in [6.07, 6.45) is -1.10. The van der Waals surface area contributed by atoms with Crippen molar-refractivity contribution in [3.63, 3.8) is 0 Å². The van der Waals surface area contributed by atoms with Crippen molar-refractivity contribution < 1.29 is 32.4 Å². The van der Waals surface area contributed by atoms with Gasteiger partial charge in [0, 0.05) is 24.6 Å². The van der Waals surface area contributed by atoms with E-state index in [4.69, 9.17) is 14.4 Å². The Kier molecular flexibility index (Phi) is 8.48. The van der Waals surface area contributed by atoms with E-state index in [1.807, 2.05) is 27.7 Å². The molecule has 4 rings (SSSR count). The summed E-state index contributed by atoms with van der Waals surface area (Å²) in [7, 11) is 0. The average molecular weight is 510 g/mol. The number of hydrogen-bond donors (Lipinski definition) is 2. The molecule has 2 aromatic rings. The Balaban J connectivity index is 0.000000454. The molecule has 2 N–H and O–H groups in total. The van der Waals surface area contributed by atoms with Crippen LogP contribution >= 0.6 is 0 Å². The largest absolute Gasteiger partial charge is 0.490 e. The fourth-order valence-electron chi connectivity index (χ4n) is 5.38. The molecule has 2 heterocycles. The number of alkyl halides is 3. The lowest BCUT2D eigenvalue weighted by Gasteiger charge is -2.40. The molecule has 0 bridgehead atoms. The summed E-state index contributed by atoms with van der Waals surface area (Å²) in [5.41, 5.74) is 5.33. The van der Waals surface area contributed by atoms with E-state index in [1.54, 1.807) is 0 Å². The number of nitrogens with one attached hydrogen (secondary N) is 1. The molecule has 1 spiro atoms. The second kappa shape index (κ2) is 11.0. The highest BCUT2D eigenvalue weighted by Crippen LogP contribution is 2.52. The summed E-state index contributed by atoms with van der Waals surface area (Å²) in [5, 5.41) is 14.3. The average Bonchev–Trinajstić information content (AvgIpc) is 3.26. The van der Waals surface area contributed by atoms with Crippen LogP contribution in [-0.2, 0) is 21.5 Å². The molecule has 36 heavy (non-hydrogen) atoms. The Morgan fingerprint density at radius 1 is 1.22 bits per heavy atom. The quantitative estimate of drug-likeness (QED) is 0.598. The molecule has 1 atom stereocenters. The lowest BCUT2D eigenvalue weighted by Crippen LogP contribution is -2.41. The smallest absolute Gasteiger partial charge is 0.475 e. The van der Waals surface area contributed by atoms with Gasteiger partial charge in [-0.15, -0.1) is 0 Å². The lowest BCUT2D eigenvalue weighted by molar-refractivity contribution is -0.192. The molecule has 0 radical (unpaired) electrons. The Bertz CT molecular complexity index is 1050. The molecular formula is C26H34F3N3O4. The van der Waals surface area contributed by atoms with Crippen LogP contribution < -0.4 is 5.32 Å². The van der Waals surface area contributed by atoms with Gasteiger partial charge in [0.25, 0.3) is 0 Å². The second-order valence-electron chi connectivity index (χ2n) is 10.1. The predicted molar refractivity (Wildman–Crippen MR) is 128 cm³/mol. The fraction of sp³-hybridized carbons (Fsp3) is 0.577. The predicted octanol–water partition coefficient (Wildman–Crippen LogP) is 4.86. The number of piperidine rings is 1. The fourth-order valence-corrected chi connectivity index (χ4v) is 5.38. The lowest BCUT2D eigenvalue weighted by atomic mass is 9.73. The number of carboxylic acids is 1. The second-order valence-corrected chi connectivity index (χ2v) is 10.1. The van der Waals surface area contributed by atoms with Gasteiger partial charge in [-0.3, -0.25) is 9.69 Å². The van der Waals surface area contributed by atoms with Gasteiger partial charge < -0.3 is 14.9 Å². The number of aliphatic carboxylic acids is 1. The first-order chi connectivity index (χ1) is 16.8. The van der Waals surface area contributed by atoms with E-state index in [0.717, 1.165) is 50.4 Å². The zero-order valence-electron chi connectivity index (χ0n) is 21.1. The molecule has 1 aliphatic heterocycles. The maximum absolute atomic E-state index is 12.4. The third-order valence-corrected chi connectivity index (χ3v) is 7.11. The highest BCUT2D eigenvalue weighted by atomic mass is 19.4. The summed E-state index contributed by atoms with van der Waals surface area (Å²) >= 11 is 0. The van der Waals surface area contributed by atoms with Gasteiger partial charge in [0.05, 0.1) is 5.69 Å². The van der Waals surface area contributed by atoms with Crippen molar-refractivity contribution in [3.8, 4) is 0 Å². The van der Waals surface area contributed by atoms with Gasteiger partial charge in [0.1, 0.15) is 5.76 Å². The van der Waals surface area contributed by atoms with Gasteiger partial charge in [-0.25, -0.2) is 4.79 Å². The van der Waals surface area contributed by atoms with Crippen molar-refractivity contribution in [1.29, 1.82) is 0 Å². The van der Waals surface area contributed by atoms with Crippen LogP contribution in [0, 0.1) is 13.8 Å². The number of carbonyl (C=O) groups excluding carboxylic acids is 1. The number of hydrogen-bond acceptors (Lipinski definition) is 5. The zero-order valence-corrected chi connectivity index (χ0v) is 21.1. The van der Waals surface area contributed by atoms with E-state index in [2.05, 4.69) is 39.6 Å². The Morgan fingerprint density at radius 3 is 2.36 bits per heavy atom. The van der Waals surface area contributed by atoms with E-state index in [9.17, 15) is 18.0 Å². The number of halogens is 3. The summed E-state index contributed by atoms with van der Waals surface area (Å²) in [4.78, 5) is 23.9. The monoisotopic (exact) mass is 509 g/mol. The van der Waals surface area contributed by atoms with E-state index in [1.165, 1.54) is 16.7 Å². The van der Waals surface area contributed by atoms with Gasteiger partial charge >= 0.3 is 12.1 Å². The summed E-state index contributed by atoms with van der Waals surface area (Å²) in [6, 6.07) is 9.03. The standard InChI is InChI=1S/C24H33N3O2.C2HF3O2/c1-16(2)25-23(28)13-19-14-24(22-8-6-5-7-20(19)22)9-11-27(12-10-24)15-21-17(3)26-29-18(21)4;3-2(4,5)1(6)7/h5-8,16,19H,9-15H2,1-4H3,(H,25,28);(H,6,7). The first-order valence-corrected chi connectivity index (χ1v) is 12.2. The van der Waals surface area contributed by atoms with Crippen molar-refractivity contribution in [1.82, 2.24) is 15.4 Å². The normalized spacial score (nSPS) is 19.1. The summed E-state index contributed by atoms with van der Waals surface area (Å²) in [6.45, 7) is 11.1. The number of nitrogens with zero attached hydrogens (tertiary/aromatic N) is 2. The van der Waals surface area contributed by atoms with Gasteiger partial charge in [-0.2, -0.15) is 13.2 Å². The number of carbonyl (C=O) groups is 2. The molecule has 1 aliphatic carbocycles.